The molecule has 0 bridgehead atoms. The average molecular weight is 273 g/mol. The Morgan fingerprint density at radius 2 is 2.05 bits per heavy atom. The van der Waals surface area contributed by atoms with Crippen molar-refractivity contribution >= 4 is 12.0 Å². The maximum Gasteiger partial charge on any atom is 0.244 e. The fraction of sp³-hybridized carbons (Fsp3) is 0.588. The first-order chi connectivity index (χ1) is 9.72. The van der Waals surface area contributed by atoms with E-state index in [0.717, 1.165) is 30.3 Å². The van der Waals surface area contributed by atoms with Gasteiger partial charge < -0.3 is 9.73 Å². The van der Waals surface area contributed by atoms with Crippen molar-refractivity contribution in [1.29, 1.82) is 0 Å². The van der Waals surface area contributed by atoms with Gasteiger partial charge in [-0.1, -0.05) is 26.2 Å². The van der Waals surface area contributed by atoms with Crippen molar-refractivity contribution in [1.82, 2.24) is 5.32 Å². The number of hydrogen-bond acceptors (Lipinski definition) is 2. The Bertz CT molecular complexity index is 497. The van der Waals surface area contributed by atoms with Crippen LogP contribution in [-0.2, 0) is 4.79 Å². The largest absolute Gasteiger partial charge is 0.461 e. The fourth-order valence-corrected chi connectivity index (χ4v) is 3.03. The fourth-order valence-electron chi connectivity index (χ4n) is 3.03. The van der Waals surface area contributed by atoms with Gasteiger partial charge in [-0.3, -0.25) is 4.79 Å². The molecule has 2 unspecified atom stereocenters. The topological polar surface area (TPSA) is 42.2 Å². The Morgan fingerprint density at radius 1 is 1.30 bits per heavy atom. The lowest BCUT2D eigenvalue weighted by Crippen LogP contribution is -2.34. The summed E-state index contributed by atoms with van der Waals surface area (Å²) in [5.74, 6) is 3.16. The maximum absolute atomic E-state index is 11.9. The molecule has 2 aliphatic rings. The molecule has 1 aromatic rings. The van der Waals surface area contributed by atoms with Crippen LogP contribution in [0.2, 0.25) is 0 Å². The van der Waals surface area contributed by atoms with Gasteiger partial charge in [0.1, 0.15) is 11.5 Å². The molecular formula is C17H23NO2. The van der Waals surface area contributed by atoms with Gasteiger partial charge in [0.2, 0.25) is 5.91 Å². The normalized spacial score (nSPS) is 26.9. The summed E-state index contributed by atoms with van der Waals surface area (Å²) in [4.78, 5) is 11.9. The Labute approximate surface area is 120 Å². The zero-order valence-corrected chi connectivity index (χ0v) is 12.1. The second-order valence-corrected chi connectivity index (χ2v) is 6.24. The molecule has 1 aromatic heterocycles. The second-order valence-electron chi connectivity index (χ2n) is 6.24. The minimum Gasteiger partial charge on any atom is -0.461 e. The van der Waals surface area contributed by atoms with Gasteiger partial charge in [0.15, 0.2) is 0 Å². The molecule has 2 atom stereocenters. The van der Waals surface area contributed by atoms with E-state index >= 15 is 0 Å². The van der Waals surface area contributed by atoms with Crippen LogP contribution in [0, 0.1) is 5.92 Å². The first kappa shape index (κ1) is 13.5. The van der Waals surface area contributed by atoms with E-state index in [1.165, 1.54) is 25.7 Å². The van der Waals surface area contributed by atoms with E-state index in [1.807, 2.05) is 12.1 Å². The molecule has 3 rings (SSSR count). The number of hydrogen-bond donors (Lipinski definition) is 1. The lowest BCUT2D eigenvalue weighted by Gasteiger charge is -2.21. The number of rotatable bonds is 4. The third kappa shape index (κ3) is 3.33. The maximum atomic E-state index is 11.9. The van der Waals surface area contributed by atoms with Gasteiger partial charge in [-0.15, -0.1) is 0 Å². The molecule has 3 nitrogen and oxygen atoms in total. The zero-order chi connectivity index (χ0) is 13.9. The van der Waals surface area contributed by atoms with E-state index in [-0.39, 0.29) is 5.91 Å². The molecule has 3 heteroatoms. The lowest BCUT2D eigenvalue weighted by atomic mass is 9.95. The van der Waals surface area contributed by atoms with Crippen LogP contribution in [-0.4, -0.2) is 11.9 Å². The van der Waals surface area contributed by atoms with Crippen molar-refractivity contribution in [3.05, 3.63) is 29.7 Å². The molecule has 1 amide bonds. The Morgan fingerprint density at radius 3 is 2.75 bits per heavy atom. The molecule has 0 radical (unpaired) electrons. The second kappa shape index (κ2) is 5.86. The minimum absolute atomic E-state index is 0.00496. The third-order valence-electron chi connectivity index (χ3n) is 4.47. The molecule has 108 valence electrons. The third-order valence-corrected chi connectivity index (χ3v) is 4.47. The van der Waals surface area contributed by atoms with Crippen molar-refractivity contribution in [3.63, 3.8) is 0 Å². The van der Waals surface area contributed by atoms with Gasteiger partial charge in [-0.25, -0.2) is 0 Å². The molecule has 2 saturated carbocycles. The van der Waals surface area contributed by atoms with Crippen molar-refractivity contribution < 1.29 is 9.21 Å². The summed E-state index contributed by atoms with van der Waals surface area (Å²) in [6.45, 7) is 2.24. The molecule has 2 aliphatic carbocycles. The van der Waals surface area contributed by atoms with Gasteiger partial charge in [0.05, 0.1) is 0 Å². The summed E-state index contributed by atoms with van der Waals surface area (Å²) in [7, 11) is 0. The first-order valence-electron chi connectivity index (χ1n) is 7.80. The van der Waals surface area contributed by atoms with E-state index in [4.69, 9.17) is 4.42 Å². The van der Waals surface area contributed by atoms with Crippen LogP contribution < -0.4 is 5.32 Å². The molecule has 1 N–H and O–H groups in total. The van der Waals surface area contributed by atoms with Crippen LogP contribution in [0.15, 0.2) is 22.6 Å². The highest BCUT2D eigenvalue weighted by atomic mass is 16.3. The van der Waals surface area contributed by atoms with Gasteiger partial charge in [-0.2, -0.15) is 0 Å². The summed E-state index contributed by atoms with van der Waals surface area (Å²) < 4.78 is 5.75. The Kier molecular flexibility index (Phi) is 3.95. The molecule has 0 spiro atoms. The zero-order valence-electron chi connectivity index (χ0n) is 12.1. The van der Waals surface area contributed by atoms with Crippen LogP contribution in [0.25, 0.3) is 6.08 Å². The summed E-state index contributed by atoms with van der Waals surface area (Å²) in [5, 5.41) is 3.07. The summed E-state index contributed by atoms with van der Waals surface area (Å²) in [6, 6.07) is 4.35. The molecule has 0 saturated heterocycles. The monoisotopic (exact) mass is 273 g/mol. The van der Waals surface area contributed by atoms with Crippen LogP contribution >= 0.6 is 0 Å². The highest BCUT2D eigenvalue weighted by Crippen LogP contribution is 2.47. The molecule has 0 aromatic carbocycles. The number of amides is 1. The van der Waals surface area contributed by atoms with Gasteiger partial charge in [0, 0.05) is 18.0 Å². The van der Waals surface area contributed by atoms with Gasteiger partial charge >= 0.3 is 0 Å². The summed E-state index contributed by atoms with van der Waals surface area (Å²) >= 11 is 0. The van der Waals surface area contributed by atoms with Crippen LogP contribution in [0.3, 0.4) is 0 Å². The lowest BCUT2D eigenvalue weighted by molar-refractivity contribution is -0.117. The Hall–Kier alpha value is -1.51. The predicted molar refractivity (Wildman–Crippen MR) is 79.3 cm³/mol. The smallest absolute Gasteiger partial charge is 0.244 e. The number of carbonyl (C=O) groups is 1. The minimum atomic E-state index is -0.00496. The predicted octanol–water partition coefficient (Wildman–Crippen LogP) is 3.87. The quantitative estimate of drug-likeness (QED) is 0.846. The highest BCUT2D eigenvalue weighted by Gasteiger charge is 2.36. The van der Waals surface area contributed by atoms with E-state index < -0.39 is 0 Å². The highest BCUT2D eigenvalue weighted by molar-refractivity contribution is 5.91. The summed E-state index contributed by atoms with van der Waals surface area (Å²) in [6.07, 6.45) is 10.6. The van der Waals surface area contributed by atoms with Gasteiger partial charge in [-0.05, 0) is 43.4 Å². The Balaban J connectivity index is 1.51. The standard InChI is InChI=1S/C17H23NO2/c1-12-11-15(12)16-9-7-14(20-16)8-10-17(19)18-13-5-3-2-4-6-13/h7-10,12-13,15H,2-6,11H2,1H3,(H,18,19)/b10-8+. The summed E-state index contributed by atoms with van der Waals surface area (Å²) in [5.41, 5.74) is 0. The van der Waals surface area contributed by atoms with Crippen molar-refractivity contribution in [2.24, 2.45) is 5.92 Å². The van der Waals surface area contributed by atoms with E-state index in [1.54, 1.807) is 12.2 Å². The van der Waals surface area contributed by atoms with Crippen molar-refractivity contribution in [2.45, 2.75) is 57.4 Å². The first-order valence-corrected chi connectivity index (χ1v) is 7.80. The molecule has 0 aliphatic heterocycles. The van der Waals surface area contributed by atoms with E-state index in [9.17, 15) is 4.79 Å². The number of carbonyl (C=O) groups excluding carboxylic acids is 1. The SMILES string of the molecule is CC1CC1c1ccc(/C=C/C(=O)NC2CCCCC2)o1. The van der Waals surface area contributed by atoms with E-state index in [0.29, 0.717) is 12.0 Å². The number of nitrogens with one attached hydrogen (secondary N) is 1. The molecule has 1 heterocycles. The van der Waals surface area contributed by atoms with Gasteiger partial charge in [0.25, 0.3) is 0 Å². The van der Waals surface area contributed by atoms with Crippen LogP contribution in [0.5, 0.6) is 0 Å². The molecular weight excluding hydrogens is 250 g/mol. The molecule has 2 fully saturated rings. The van der Waals surface area contributed by atoms with Crippen LogP contribution in [0.4, 0.5) is 0 Å². The average Bonchev–Trinajstić information content (AvgIpc) is 3.01. The van der Waals surface area contributed by atoms with E-state index in [2.05, 4.69) is 12.2 Å². The van der Waals surface area contributed by atoms with Crippen molar-refractivity contribution in [2.75, 3.05) is 0 Å². The molecule has 20 heavy (non-hydrogen) atoms. The van der Waals surface area contributed by atoms with Crippen LogP contribution in [0.1, 0.15) is 62.9 Å². The number of furan rings is 1. The van der Waals surface area contributed by atoms with Crippen molar-refractivity contribution in [3.8, 4) is 0 Å².